The first-order valence-corrected chi connectivity index (χ1v) is 10.5. The van der Waals surface area contributed by atoms with Crippen molar-refractivity contribution < 1.29 is 9.18 Å². The Bertz CT molecular complexity index is 1130. The van der Waals surface area contributed by atoms with Gasteiger partial charge in [0.15, 0.2) is 0 Å². The number of carbonyl (C=O) groups excluding carboxylic acids is 1. The molecule has 0 atom stereocenters. The van der Waals surface area contributed by atoms with Gasteiger partial charge in [-0.3, -0.25) is 9.48 Å². The molecule has 0 bridgehead atoms. The van der Waals surface area contributed by atoms with Gasteiger partial charge in [-0.2, -0.15) is 9.49 Å². The predicted octanol–water partition coefficient (Wildman–Crippen LogP) is 4.92. The van der Waals surface area contributed by atoms with Crippen molar-refractivity contribution in [3.8, 4) is 22.4 Å². The Hall–Kier alpha value is -3.02. The van der Waals surface area contributed by atoms with Crippen molar-refractivity contribution in [1.29, 1.82) is 0 Å². The molecular formula is C24H25FN4O. The van der Waals surface area contributed by atoms with Crippen LogP contribution in [0.1, 0.15) is 48.5 Å². The minimum absolute atomic E-state index is 0.0116. The normalized spacial score (nSPS) is 17.6. The summed E-state index contributed by atoms with van der Waals surface area (Å²) in [4.78, 5) is 18.3. The minimum atomic E-state index is -0.538. The van der Waals surface area contributed by atoms with E-state index in [1.807, 2.05) is 35.3 Å². The fourth-order valence-corrected chi connectivity index (χ4v) is 4.85. The fourth-order valence-electron chi connectivity index (χ4n) is 4.85. The fraction of sp³-hybridized carbons (Fsp3) is 0.375. The molecule has 0 radical (unpaired) electrons. The van der Waals surface area contributed by atoms with Gasteiger partial charge in [-0.05, 0) is 42.0 Å². The van der Waals surface area contributed by atoms with E-state index in [-0.39, 0.29) is 5.91 Å². The predicted molar refractivity (Wildman–Crippen MR) is 113 cm³/mol. The SMILES string of the molecule is CN1Cc2ccc(-c3nc(F)ccc3-c3cnn(CC4(C)CCCC4)c3)cc2C1=O. The molecule has 3 aromatic rings. The van der Waals surface area contributed by atoms with Crippen molar-refractivity contribution >= 4 is 5.91 Å². The quantitative estimate of drug-likeness (QED) is 0.580. The first-order chi connectivity index (χ1) is 14.4. The molecule has 6 heteroatoms. The molecule has 154 valence electrons. The lowest BCUT2D eigenvalue weighted by Crippen LogP contribution is -2.19. The van der Waals surface area contributed by atoms with Gasteiger partial charge in [0.05, 0.1) is 11.9 Å². The number of carbonyl (C=O) groups is 1. The highest BCUT2D eigenvalue weighted by molar-refractivity contribution is 5.99. The summed E-state index contributed by atoms with van der Waals surface area (Å²) in [7, 11) is 1.78. The van der Waals surface area contributed by atoms with E-state index in [0.29, 0.717) is 23.2 Å². The summed E-state index contributed by atoms with van der Waals surface area (Å²) in [6, 6.07) is 8.81. The smallest absolute Gasteiger partial charge is 0.254 e. The van der Waals surface area contributed by atoms with Gasteiger partial charge in [0.1, 0.15) is 0 Å². The lowest BCUT2D eigenvalue weighted by molar-refractivity contribution is 0.0816. The number of aromatic nitrogens is 3. The summed E-state index contributed by atoms with van der Waals surface area (Å²) in [6.07, 6.45) is 8.86. The van der Waals surface area contributed by atoms with Gasteiger partial charge in [-0.15, -0.1) is 0 Å². The van der Waals surface area contributed by atoms with E-state index < -0.39 is 5.95 Å². The van der Waals surface area contributed by atoms with Gasteiger partial charge in [-0.25, -0.2) is 4.98 Å². The molecule has 5 nitrogen and oxygen atoms in total. The van der Waals surface area contributed by atoms with Crippen LogP contribution in [0.2, 0.25) is 0 Å². The molecule has 1 aliphatic carbocycles. The van der Waals surface area contributed by atoms with Crippen molar-refractivity contribution in [1.82, 2.24) is 19.7 Å². The molecule has 1 aliphatic heterocycles. The van der Waals surface area contributed by atoms with E-state index in [2.05, 4.69) is 17.0 Å². The van der Waals surface area contributed by atoms with Crippen molar-refractivity contribution in [3.63, 3.8) is 0 Å². The minimum Gasteiger partial charge on any atom is -0.337 e. The van der Waals surface area contributed by atoms with E-state index >= 15 is 0 Å². The zero-order valence-electron chi connectivity index (χ0n) is 17.4. The monoisotopic (exact) mass is 404 g/mol. The Morgan fingerprint density at radius 1 is 1.10 bits per heavy atom. The molecule has 2 aliphatic rings. The van der Waals surface area contributed by atoms with Crippen LogP contribution in [-0.2, 0) is 13.1 Å². The van der Waals surface area contributed by atoms with Crippen LogP contribution in [0.15, 0.2) is 42.7 Å². The highest BCUT2D eigenvalue weighted by atomic mass is 19.1. The molecule has 1 aromatic carbocycles. The second-order valence-electron chi connectivity index (χ2n) is 9.01. The van der Waals surface area contributed by atoms with Crippen LogP contribution < -0.4 is 0 Å². The first kappa shape index (κ1) is 19.0. The molecule has 1 fully saturated rings. The second-order valence-corrected chi connectivity index (χ2v) is 9.01. The highest BCUT2D eigenvalue weighted by Crippen LogP contribution is 2.39. The maximum atomic E-state index is 14.1. The Kier molecular flexibility index (Phi) is 4.45. The number of rotatable bonds is 4. The van der Waals surface area contributed by atoms with Crippen molar-refractivity contribution in [3.05, 3.63) is 59.8 Å². The van der Waals surface area contributed by atoms with Crippen molar-refractivity contribution in [2.24, 2.45) is 5.41 Å². The lowest BCUT2D eigenvalue weighted by atomic mass is 9.89. The van der Waals surface area contributed by atoms with E-state index in [1.165, 1.54) is 31.7 Å². The van der Waals surface area contributed by atoms with Crippen LogP contribution in [0.25, 0.3) is 22.4 Å². The second kappa shape index (κ2) is 7.04. The Balaban J connectivity index is 1.52. The van der Waals surface area contributed by atoms with Crippen LogP contribution >= 0.6 is 0 Å². The molecule has 30 heavy (non-hydrogen) atoms. The molecule has 5 rings (SSSR count). The maximum Gasteiger partial charge on any atom is 0.254 e. The van der Waals surface area contributed by atoms with E-state index in [4.69, 9.17) is 0 Å². The summed E-state index contributed by atoms with van der Waals surface area (Å²) < 4.78 is 16.1. The molecule has 1 saturated carbocycles. The molecule has 0 saturated heterocycles. The average Bonchev–Trinajstić information content (AvgIpc) is 3.43. The number of halogens is 1. The summed E-state index contributed by atoms with van der Waals surface area (Å²) in [5.41, 5.74) is 4.94. The molecule has 0 unspecified atom stereocenters. The summed E-state index contributed by atoms with van der Waals surface area (Å²) in [5, 5.41) is 4.57. The standard InChI is InChI=1S/C24H25FN4O/c1-24(9-3-4-10-24)15-29-14-18(12-26-29)19-7-8-21(25)27-22(19)16-5-6-17-13-28(2)23(30)20(17)11-16/h5-8,11-12,14H,3-4,9-10,13,15H2,1-2H3. The lowest BCUT2D eigenvalue weighted by Gasteiger charge is -2.22. The van der Waals surface area contributed by atoms with Crippen LogP contribution in [0.3, 0.4) is 0 Å². The maximum absolute atomic E-state index is 14.1. The number of amides is 1. The summed E-state index contributed by atoms with van der Waals surface area (Å²) >= 11 is 0. The topological polar surface area (TPSA) is 51.0 Å². The van der Waals surface area contributed by atoms with Gasteiger partial charge >= 0.3 is 0 Å². The third-order valence-electron chi connectivity index (χ3n) is 6.53. The number of hydrogen-bond acceptors (Lipinski definition) is 3. The zero-order valence-corrected chi connectivity index (χ0v) is 17.4. The van der Waals surface area contributed by atoms with E-state index in [9.17, 15) is 9.18 Å². The first-order valence-electron chi connectivity index (χ1n) is 10.5. The average molecular weight is 404 g/mol. The van der Waals surface area contributed by atoms with Gasteiger partial charge in [0.25, 0.3) is 5.91 Å². The molecule has 0 N–H and O–H groups in total. The number of benzene rings is 1. The largest absolute Gasteiger partial charge is 0.337 e. The van der Waals surface area contributed by atoms with Gasteiger partial charge in [-0.1, -0.05) is 31.9 Å². The van der Waals surface area contributed by atoms with Gasteiger partial charge in [0, 0.05) is 48.6 Å². The van der Waals surface area contributed by atoms with Crippen LogP contribution in [0.4, 0.5) is 4.39 Å². The Morgan fingerprint density at radius 2 is 1.90 bits per heavy atom. The summed E-state index contributed by atoms with van der Waals surface area (Å²) in [5.74, 6) is -0.550. The molecule has 2 aromatic heterocycles. The summed E-state index contributed by atoms with van der Waals surface area (Å²) in [6.45, 7) is 3.81. The highest BCUT2D eigenvalue weighted by Gasteiger charge is 2.29. The van der Waals surface area contributed by atoms with Gasteiger partial charge < -0.3 is 4.90 Å². The van der Waals surface area contributed by atoms with E-state index in [1.54, 1.807) is 18.0 Å². The molecular weight excluding hydrogens is 379 g/mol. The van der Waals surface area contributed by atoms with Crippen LogP contribution in [-0.4, -0.2) is 32.6 Å². The number of pyridine rings is 1. The Morgan fingerprint density at radius 3 is 2.70 bits per heavy atom. The molecule has 1 amide bonds. The Labute approximate surface area is 175 Å². The number of fused-ring (bicyclic) bond motifs is 1. The van der Waals surface area contributed by atoms with Crippen LogP contribution in [0, 0.1) is 11.4 Å². The molecule has 0 spiro atoms. The third-order valence-corrected chi connectivity index (χ3v) is 6.53. The number of nitrogens with zero attached hydrogens (tertiary/aromatic N) is 4. The van der Waals surface area contributed by atoms with Crippen molar-refractivity contribution in [2.75, 3.05) is 7.05 Å². The van der Waals surface area contributed by atoms with Gasteiger partial charge in [0.2, 0.25) is 5.95 Å². The van der Waals surface area contributed by atoms with Crippen molar-refractivity contribution in [2.45, 2.75) is 45.7 Å². The zero-order chi connectivity index (χ0) is 20.9. The number of hydrogen-bond donors (Lipinski definition) is 0. The third kappa shape index (κ3) is 3.30. The van der Waals surface area contributed by atoms with Crippen LogP contribution in [0.5, 0.6) is 0 Å². The molecule has 3 heterocycles. The van der Waals surface area contributed by atoms with E-state index in [0.717, 1.165) is 28.8 Å².